The van der Waals surface area contributed by atoms with Gasteiger partial charge < -0.3 is 5.32 Å². The molecule has 0 aliphatic carbocycles. The Labute approximate surface area is 103 Å². The highest BCUT2D eigenvalue weighted by molar-refractivity contribution is 5.93. The van der Waals surface area contributed by atoms with Gasteiger partial charge in [0.05, 0.1) is 0 Å². The van der Waals surface area contributed by atoms with Crippen LogP contribution in [0.25, 0.3) is 16.3 Å². The van der Waals surface area contributed by atoms with Crippen molar-refractivity contribution in [3.63, 3.8) is 0 Å². The highest BCUT2D eigenvalue weighted by atomic mass is 14.8. The molecule has 2 rings (SSSR count). The molecule has 0 spiro atoms. The molecule has 0 fully saturated rings. The van der Waals surface area contributed by atoms with Crippen molar-refractivity contribution in [3.05, 3.63) is 54.1 Å². The van der Waals surface area contributed by atoms with Crippen LogP contribution in [-0.4, -0.2) is 13.6 Å². The van der Waals surface area contributed by atoms with Crippen molar-refractivity contribution in [1.29, 1.82) is 0 Å². The van der Waals surface area contributed by atoms with Crippen LogP contribution in [0.4, 0.5) is 0 Å². The van der Waals surface area contributed by atoms with E-state index in [0.717, 1.165) is 13.0 Å². The van der Waals surface area contributed by atoms with Gasteiger partial charge in [0.1, 0.15) is 0 Å². The van der Waals surface area contributed by atoms with E-state index in [-0.39, 0.29) is 0 Å². The van der Waals surface area contributed by atoms with Crippen molar-refractivity contribution in [3.8, 4) is 0 Å². The third kappa shape index (κ3) is 2.75. The fourth-order valence-electron chi connectivity index (χ4n) is 2.11. The Morgan fingerprint density at radius 1 is 1.12 bits per heavy atom. The lowest BCUT2D eigenvalue weighted by atomic mass is 9.98. The summed E-state index contributed by atoms with van der Waals surface area (Å²) < 4.78 is 0. The summed E-state index contributed by atoms with van der Waals surface area (Å²) >= 11 is 0. The predicted molar refractivity (Wildman–Crippen MR) is 76.1 cm³/mol. The van der Waals surface area contributed by atoms with E-state index in [9.17, 15) is 0 Å². The van der Waals surface area contributed by atoms with E-state index in [2.05, 4.69) is 60.8 Å². The number of rotatable bonds is 4. The van der Waals surface area contributed by atoms with E-state index < -0.39 is 0 Å². The number of nitrogens with one attached hydrogen (secondary N) is 1. The first-order valence-corrected chi connectivity index (χ1v) is 6.12. The van der Waals surface area contributed by atoms with Gasteiger partial charge in [-0.05, 0) is 48.8 Å². The normalized spacial score (nSPS) is 12.0. The van der Waals surface area contributed by atoms with Gasteiger partial charge in [0.25, 0.3) is 0 Å². The van der Waals surface area contributed by atoms with Crippen LogP contribution in [0.3, 0.4) is 0 Å². The van der Waals surface area contributed by atoms with Crippen molar-refractivity contribution in [1.82, 2.24) is 5.32 Å². The Morgan fingerprint density at radius 3 is 2.71 bits per heavy atom. The monoisotopic (exact) mass is 225 g/mol. The molecule has 0 unspecified atom stereocenters. The smallest absolute Gasteiger partial charge is 0.00171 e. The molecule has 0 aromatic heterocycles. The van der Waals surface area contributed by atoms with Crippen LogP contribution >= 0.6 is 0 Å². The minimum Gasteiger partial charge on any atom is -0.319 e. The van der Waals surface area contributed by atoms with Gasteiger partial charge >= 0.3 is 0 Å². The van der Waals surface area contributed by atoms with Crippen molar-refractivity contribution in [2.24, 2.45) is 0 Å². The lowest BCUT2D eigenvalue weighted by Gasteiger charge is -2.07. The van der Waals surface area contributed by atoms with Gasteiger partial charge in [-0.25, -0.2) is 0 Å². The number of hydrogen-bond donors (Lipinski definition) is 1. The van der Waals surface area contributed by atoms with Crippen molar-refractivity contribution in [2.45, 2.75) is 13.3 Å². The van der Waals surface area contributed by atoms with Crippen molar-refractivity contribution < 1.29 is 0 Å². The lowest BCUT2D eigenvalue weighted by Crippen LogP contribution is -2.05. The third-order valence-electron chi connectivity index (χ3n) is 3.06. The first-order chi connectivity index (χ1) is 8.33. The molecule has 0 amide bonds. The summed E-state index contributed by atoms with van der Waals surface area (Å²) in [5.41, 5.74) is 2.70. The average Bonchev–Trinajstić information content (AvgIpc) is 2.38. The molecule has 1 nitrogen and oxygen atoms in total. The predicted octanol–water partition coefficient (Wildman–Crippen LogP) is 3.85. The zero-order chi connectivity index (χ0) is 12.1. The second-order valence-electron chi connectivity index (χ2n) is 4.31. The summed E-state index contributed by atoms with van der Waals surface area (Å²) in [7, 11) is 1.99. The van der Waals surface area contributed by atoms with E-state index in [1.807, 2.05) is 7.05 Å². The number of benzene rings is 2. The molecule has 0 aliphatic rings. The number of fused-ring (bicyclic) bond motifs is 1. The largest absolute Gasteiger partial charge is 0.319 e. The minimum atomic E-state index is 1.03. The van der Waals surface area contributed by atoms with Crippen LogP contribution in [0.1, 0.15) is 18.9 Å². The van der Waals surface area contributed by atoms with Gasteiger partial charge in [0.15, 0.2) is 0 Å². The highest BCUT2D eigenvalue weighted by Crippen LogP contribution is 2.24. The van der Waals surface area contributed by atoms with Crippen LogP contribution in [-0.2, 0) is 0 Å². The molecule has 0 saturated heterocycles. The Bertz CT molecular complexity index is 521. The molecule has 0 heterocycles. The zero-order valence-corrected chi connectivity index (χ0v) is 10.5. The molecule has 2 aromatic carbocycles. The summed E-state index contributed by atoms with van der Waals surface area (Å²) in [6.45, 7) is 3.22. The van der Waals surface area contributed by atoms with Crippen LogP contribution in [0.5, 0.6) is 0 Å². The maximum absolute atomic E-state index is 3.17. The molecular weight excluding hydrogens is 206 g/mol. The Morgan fingerprint density at radius 2 is 1.88 bits per heavy atom. The van der Waals surface area contributed by atoms with Gasteiger partial charge in [-0.3, -0.25) is 0 Å². The highest BCUT2D eigenvalue weighted by Gasteiger charge is 2.01. The topological polar surface area (TPSA) is 12.0 Å². The van der Waals surface area contributed by atoms with Crippen LogP contribution in [0.15, 0.2) is 48.5 Å². The molecule has 17 heavy (non-hydrogen) atoms. The fraction of sp³-hybridized carbons (Fsp3) is 0.250. The first kappa shape index (κ1) is 11.9. The molecule has 0 bridgehead atoms. The van der Waals surface area contributed by atoms with Crippen molar-refractivity contribution >= 4 is 16.3 Å². The Balaban J connectivity index is 2.38. The van der Waals surface area contributed by atoms with Gasteiger partial charge in [0.2, 0.25) is 0 Å². The summed E-state index contributed by atoms with van der Waals surface area (Å²) in [5, 5.41) is 5.82. The summed E-state index contributed by atoms with van der Waals surface area (Å²) in [6.07, 6.45) is 3.38. The first-order valence-electron chi connectivity index (χ1n) is 6.12. The van der Waals surface area contributed by atoms with Crippen molar-refractivity contribution in [2.75, 3.05) is 13.6 Å². The van der Waals surface area contributed by atoms with E-state index >= 15 is 0 Å². The molecule has 1 N–H and O–H groups in total. The number of allylic oxidation sites excluding steroid dienone is 1. The summed E-state index contributed by atoms with van der Waals surface area (Å²) in [6, 6.07) is 15.1. The summed E-state index contributed by atoms with van der Waals surface area (Å²) in [5.74, 6) is 0. The van der Waals surface area contributed by atoms with E-state index in [4.69, 9.17) is 0 Å². The molecule has 2 aromatic rings. The Hall–Kier alpha value is -1.60. The third-order valence-corrected chi connectivity index (χ3v) is 3.06. The van der Waals surface area contributed by atoms with Gasteiger partial charge in [-0.15, -0.1) is 0 Å². The summed E-state index contributed by atoms with van der Waals surface area (Å²) in [4.78, 5) is 0. The lowest BCUT2D eigenvalue weighted by molar-refractivity contribution is 0.808. The van der Waals surface area contributed by atoms with Gasteiger partial charge in [0, 0.05) is 0 Å². The zero-order valence-electron chi connectivity index (χ0n) is 10.5. The standard InChI is InChI=1S/C16H19N/c1-13(7-6-12-17-2)15-11-5-9-14-8-3-4-10-16(14)15/h3-5,7-11,17H,6,12H2,1-2H3. The molecule has 0 saturated carbocycles. The molecule has 0 aliphatic heterocycles. The minimum absolute atomic E-state index is 1.03. The van der Waals surface area contributed by atoms with E-state index in [0.29, 0.717) is 0 Å². The molecular formula is C16H19N. The average molecular weight is 225 g/mol. The quantitative estimate of drug-likeness (QED) is 0.779. The van der Waals surface area contributed by atoms with E-state index in [1.165, 1.54) is 21.9 Å². The van der Waals surface area contributed by atoms with Crippen LogP contribution < -0.4 is 5.32 Å². The second-order valence-corrected chi connectivity index (χ2v) is 4.31. The van der Waals surface area contributed by atoms with Crippen LogP contribution in [0, 0.1) is 0 Å². The van der Waals surface area contributed by atoms with Gasteiger partial charge in [-0.2, -0.15) is 0 Å². The van der Waals surface area contributed by atoms with Crippen LogP contribution in [0.2, 0.25) is 0 Å². The SMILES string of the molecule is CNCCC=C(C)c1cccc2ccccc12. The maximum atomic E-state index is 3.17. The second kappa shape index (κ2) is 5.65. The molecule has 0 radical (unpaired) electrons. The Kier molecular flexibility index (Phi) is 3.94. The number of hydrogen-bond acceptors (Lipinski definition) is 1. The fourth-order valence-corrected chi connectivity index (χ4v) is 2.11. The molecule has 1 heteroatoms. The molecule has 88 valence electrons. The van der Waals surface area contributed by atoms with Gasteiger partial charge in [-0.1, -0.05) is 48.5 Å². The molecule has 0 atom stereocenters. The maximum Gasteiger partial charge on any atom is -0.00171 e. The van der Waals surface area contributed by atoms with E-state index in [1.54, 1.807) is 0 Å².